The molecule has 0 aliphatic heterocycles. The normalized spacial score (nSPS) is 13.7. The Morgan fingerprint density at radius 2 is 2.00 bits per heavy atom. The Morgan fingerprint density at radius 3 is 2.50 bits per heavy atom. The van der Waals surface area contributed by atoms with E-state index in [0.29, 0.717) is 15.1 Å². The van der Waals surface area contributed by atoms with Crippen LogP contribution in [0.4, 0.5) is 4.39 Å². The van der Waals surface area contributed by atoms with Crippen molar-refractivity contribution >= 4 is 27.5 Å². The molecule has 0 fully saturated rings. The molecule has 1 rings (SSSR count). The van der Waals surface area contributed by atoms with Crippen LogP contribution in [0.25, 0.3) is 0 Å². The monoisotopic (exact) mass is 335 g/mol. The van der Waals surface area contributed by atoms with E-state index in [1.54, 1.807) is 6.07 Å². The second-order valence-electron chi connectivity index (χ2n) is 5.66. The van der Waals surface area contributed by atoms with E-state index in [2.05, 4.69) is 42.0 Å². The molecule has 1 N–H and O–H groups in total. The summed E-state index contributed by atoms with van der Waals surface area (Å²) in [6, 6.07) is 3.13. The summed E-state index contributed by atoms with van der Waals surface area (Å²) in [5.41, 5.74) is 0.763. The van der Waals surface area contributed by atoms with Crippen LogP contribution in [0.15, 0.2) is 16.6 Å². The zero-order valence-electron chi connectivity index (χ0n) is 11.3. The molecule has 1 nitrogen and oxygen atoms in total. The van der Waals surface area contributed by atoms with Crippen molar-refractivity contribution in [1.82, 2.24) is 5.32 Å². The topological polar surface area (TPSA) is 12.0 Å². The fourth-order valence-corrected chi connectivity index (χ4v) is 2.44. The first-order valence-electron chi connectivity index (χ1n) is 6.12. The highest BCUT2D eigenvalue weighted by Gasteiger charge is 2.22. The van der Waals surface area contributed by atoms with Crippen LogP contribution < -0.4 is 5.32 Å². The molecule has 0 saturated heterocycles. The first-order valence-corrected chi connectivity index (χ1v) is 7.29. The predicted molar refractivity (Wildman–Crippen MR) is 79.6 cm³/mol. The van der Waals surface area contributed by atoms with Gasteiger partial charge in [-0.3, -0.25) is 0 Å². The Morgan fingerprint density at radius 1 is 1.39 bits per heavy atom. The summed E-state index contributed by atoms with van der Waals surface area (Å²) in [6.07, 6.45) is 0.857. The standard InChI is InChI=1S/C14H20BrClFN/c1-5-18-13(8-14(2,3)4)9-6-11(16)10(15)7-12(9)17/h6-7,13,18H,5,8H2,1-4H3. The molecule has 0 heterocycles. The molecule has 0 amide bonds. The number of rotatable bonds is 4. The molecule has 0 aromatic heterocycles. The summed E-state index contributed by atoms with van der Waals surface area (Å²) in [5.74, 6) is -0.221. The molecule has 0 spiro atoms. The van der Waals surface area contributed by atoms with Gasteiger partial charge in [-0.05, 0) is 46.4 Å². The van der Waals surface area contributed by atoms with Gasteiger partial charge < -0.3 is 5.32 Å². The van der Waals surface area contributed by atoms with E-state index in [0.717, 1.165) is 13.0 Å². The molecule has 0 saturated carbocycles. The van der Waals surface area contributed by atoms with Gasteiger partial charge in [0.1, 0.15) is 5.82 Å². The van der Waals surface area contributed by atoms with Gasteiger partial charge in [-0.1, -0.05) is 39.3 Å². The summed E-state index contributed by atoms with van der Waals surface area (Å²) < 4.78 is 14.6. The highest BCUT2D eigenvalue weighted by atomic mass is 79.9. The second-order valence-corrected chi connectivity index (χ2v) is 6.92. The molecule has 1 aromatic rings. The van der Waals surface area contributed by atoms with Gasteiger partial charge in [-0.25, -0.2) is 4.39 Å². The number of hydrogen-bond donors (Lipinski definition) is 1. The minimum absolute atomic E-state index is 0.0133. The van der Waals surface area contributed by atoms with Crippen LogP contribution in [-0.2, 0) is 0 Å². The fraction of sp³-hybridized carbons (Fsp3) is 0.571. The van der Waals surface area contributed by atoms with Gasteiger partial charge in [-0.2, -0.15) is 0 Å². The van der Waals surface area contributed by atoms with E-state index >= 15 is 0 Å². The minimum atomic E-state index is -0.221. The molecule has 0 bridgehead atoms. The van der Waals surface area contributed by atoms with Crippen LogP contribution in [0, 0.1) is 11.2 Å². The Kier molecular flexibility index (Phi) is 5.63. The Hall–Kier alpha value is -0.120. The van der Waals surface area contributed by atoms with Crippen molar-refractivity contribution in [1.29, 1.82) is 0 Å². The first-order chi connectivity index (χ1) is 8.24. The number of hydrogen-bond acceptors (Lipinski definition) is 1. The third-order valence-corrected chi connectivity index (χ3v) is 3.88. The van der Waals surface area contributed by atoms with E-state index < -0.39 is 0 Å². The molecule has 1 atom stereocenters. The second kappa shape index (κ2) is 6.36. The summed E-state index contributed by atoms with van der Waals surface area (Å²) in [6.45, 7) is 9.27. The van der Waals surface area contributed by atoms with E-state index in [1.807, 2.05) is 6.92 Å². The van der Waals surface area contributed by atoms with Crippen LogP contribution in [-0.4, -0.2) is 6.54 Å². The largest absolute Gasteiger partial charge is 0.310 e. The van der Waals surface area contributed by atoms with Crippen molar-refractivity contribution < 1.29 is 4.39 Å². The fourth-order valence-electron chi connectivity index (χ4n) is 1.96. The molecule has 0 aliphatic rings. The van der Waals surface area contributed by atoms with Crippen LogP contribution in [0.3, 0.4) is 0 Å². The lowest BCUT2D eigenvalue weighted by Crippen LogP contribution is -2.26. The van der Waals surface area contributed by atoms with Crippen LogP contribution in [0.2, 0.25) is 5.02 Å². The van der Waals surface area contributed by atoms with E-state index in [4.69, 9.17) is 11.6 Å². The molecular formula is C14H20BrClFN. The zero-order valence-corrected chi connectivity index (χ0v) is 13.6. The van der Waals surface area contributed by atoms with Crippen molar-refractivity contribution in [2.75, 3.05) is 6.54 Å². The van der Waals surface area contributed by atoms with Crippen molar-refractivity contribution in [3.63, 3.8) is 0 Å². The number of benzene rings is 1. The molecular weight excluding hydrogens is 317 g/mol. The average Bonchev–Trinajstić information content (AvgIpc) is 2.21. The molecule has 1 unspecified atom stereocenters. The first kappa shape index (κ1) is 15.9. The van der Waals surface area contributed by atoms with Crippen LogP contribution in [0.1, 0.15) is 45.7 Å². The van der Waals surface area contributed by atoms with Crippen LogP contribution in [0.5, 0.6) is 0 Å². The molecule has 102 valence electrons. The Labute approximate surface area is 122 Å². The summed E-state index contributed by atoms with van der Waals surface area (Å²) in [7, 11) is 0. The Bertz CT molecular complexity index is 415. The third kappa shape index (κ3) is 4.52. The smallest absolute Gasteiger partial charge is 0.129 e. The van der Waals surface area contributed by atoms with Crippen LogP contribution >= 0.6 is 27.5 Å². The SMILES string of the molecule is CCNC(CC(C)(C)C)c1cc(Cl)c(Br)cc1F. The molecule has 1 aromatic carbocycles. The molecule has 0 radical (unpaired) electrons. The highest BCUT2D eigenvalue weighted by Crippen LogP contribution is 2.34. The Balaban J connectivity index is 3.09. The maximum absolute atomic E-state index is 14.1. The predicted octanol–water partition coefficient (Wildman–Crippen LogP) is 5.33. The number of halogens is 3. The molecule has 18 heavy (non-hydrogen) atoms. The van der Waals surface area contributed by atoms with E-state index in [9.17, 15) is 4.39 Å². The molecule has 0 aliphatic carbocycles. The van der Waals surface area contributed by atoms with Crippen molar-refractivity contribution in [3.8, 4) is 0 Å². The summed E-state index contributed by atoms with van der Waals surface area (Å²) in [5, 5.41) is 3.87. The van der Waals surface area contributed by atoms with Gasteiger partial charge in [-0.15, -0.1) is 0 Å². The minimum Gasteiger partial charge on any atom is -0.310 e. The number of nitrogens with one attached hydrogen (secondary N) is 1. The zero-order chi connectivity index (χ0) is 13.9. The summed E-state index contributed by atoms with van der Waals surface area (Å²) >= 11 is 9.30. The third-order valence-electron chi connectivity index (χ3n) is 2.68. The van der Waals surface area contributed by atoms with Gasteiger partial charge in [0.25, 0.3) is 0 Å². The lowest BCUT2D eigenvalue weighted by Gasteiger charge is -2.27. The lowest BCUT2D eigenvalue weighted by atomic mass is 9.85. The van der Waals surface area contributed by atoms with Crippen molar-refractivity contribution in [3.05, 3.63) is 33.0 Å². The van der Waals surface area contributed by atoms with Gasteiger partial charge in [0.05, 0.1) is 5.02 Å². The van der Waals surface area contributed by atoms with Gasteiger partial charge >= 0.3 is 0 Å². The van der Waals surface area contributed by atoms with E-state index in [1.165, 1.54) is 6.07 Å². The van der Waals surface area contributed by atoms with Gasteiger partial charge in [0.2, 0.25) is 0 Å². The van der Waals surface area contributed by atoms with E-state index in [-0.39, 0.29) is 17.3 Å². The van der Waals surface area contributed by atoms with Crippen molar-refractivity contribution in [2.24, 2.45) is 5.41 Å². The molecule has 4 heteroatoms. The quantitative estimate of drug-likeness (QED) is 0.733. The summed E-state index contributed by atoms with van der Waals surface area (Å²) in [4.78, 5) is 0. The lowest BCUT2D eigenvalue weighted by molar-refractivity contribution is 0.309. The van der Waals surface area contributed by atoms with Gasteiger partial charge in [0.15, 0.2) is 0 Å². The maximum atomic E-state index is 14.1. The maximum Gasteiger partial charge on any atom is 0.129 e. The van der Waals surface area contributed by atoms with Gasteiger partial charge in [0, 0.05) is 16.1 Å². The highest BCUT2D eigenvalue weighted by molar-refractivity contribution is 9.10. The average molecular weight is 337 g/mol. The van der Waals surface area contributed by atoms with Crippen molar-refractivity contribution in [2.45, 2.75) is 40.2 Å².